The molecule has 39 heavy (non-hydrogen) atoms. The summed E-state index contributed by atoms with van der Waals surface area (Å²) in [5, 5.41) is 4.39. The van der Waals surface area contributed by atoms with Crippen LogP contribution < -0.4 is 15.1 Å². The molecule has 0 atom stereocenters. The van der Waals surface area contributed by atoms with E-state index in [0.29, 0.717) is 22.0 Å². The fourth-order valence-corrected chi connectivity index (χ4v) is 6.24. The molecular formula is C30H30Cl2N4O2S. The largest absolute Gasteiger partial charge is 0.369 e. The Morgan fingerprint density at radius 2 is 1.79 bits per heavy atom. The second-order valence-corrected chi connectivity index (χ2v) is 11.5. The van der Waals surface area contributed by atoms with E-state index < -0.39 is 0 Å². The van der Waals surface area contributed by atoms with Gasteiger partial charge in [0.25, 0.3) is 11.8 Å². The van der Waals surface area contributed by atoms with Gasteiger partial charge in [0.15, 0.2) is 0 Å². The third-order valence-corrected chi connectivity index (χ3v) is 8.65. The number of nitrogens with one attached hydrogen (secondary N) is 1. The summed E-state index contributed by atoms with van der Waals surface area (Å²) in [6, 6.07) is 20.9. The molecule has 3 aromatic carbocycles. The highest BCUT2D eigenvalue weighted by molar-refractivity contribution is 8.04. The van der Waals surface area contributed by atoms with Gasteiger partial charge in [-0.1, -0.05) is 59.2 Å². The number of benzene rings is 3. The number of nitrogens with zero attached hydrogens (tertiary/aromatic N) is 3. The van der Waals surface area contributed by atoms with E-state index in [0.717, 1.165) is 66.0 Å². The van der Waals surface area contributed by atoms with Crippen molar-refractivity contribution in [2.75, 3.05) is 56.1 Å². The Morgan fingerprint density at radius 3 is 2.56 bits per heavy atom. The molecule has 0 spiro atoms. The zero-order valence-electron chi connectivity index (χ0n) is 21.7. The lowest BCUT2D eigenvalue weighted by Gasteiger charge is -2.36. The Labute approximate surface area is 243 Å². The molecule has 0 saturated carbocycles. The van der Waals surface area contributed by atoms with Crippen LogP contribution in [0.2, 0.25) is 10.0 Å². The van der Waals surface area contributed by atoms with Crippen LogP contribution in [0, 0.1) is 0 Å². The van der Waals surface area contributed by atoms with Gasteiger partial charge in [0.1, 0.15) is 0 Å². The quantitative estimate of drug-likeness (QED) is 0.272. The summed E-state index contributed by atoms with van der Waals surface area (Å²) in [5.41, 5.74) is 3.23. The van der Waals surface area contributed by atoms with Gasteiger partial charge in [0, 0.05) is 66.0 Å². The lowest BCUT2D eigenvalue weighted by molar-refractivity contribution is -0.114. The van der Waals surface area contributed by atoms with Crippen LogP contribution >= 0.6 is 35.0 Å². The van der Waals surface area contributed by atoms with Gasteiger partial charge < -0.3 is 15.1 Å². The van der Waals surface area contributed by atoms with Crippen molar-refractivity contribution < 1.29 is 9.59 Å². The van der Waals surface area contributed by atoms with E-state index in [1.54, 1.807) is 24.1 Å². The van der Waals surface area contributed by atoms with Crippen LogP contribution in [0.4, 0.5) is 11.4 Å². The van der Waals surface area contributed by atoms with E-state index in [1.165, 1.54) is 11.8 Å². The van der Waals surface area contributed by atoms with Crippen molar-refractivity contribution in [2.45, 2.75) is 11.3 Å². The van der Waals surface area contributed by atoms with E-state index >= 15 is 0 Å². The number of fused-ring (bicyclic) bond motifs is 1. The molecule has 6 nitrogen and oxygen atoms in total. The first-order chi connectivity index (χ1) is 18.9. The minimum atomic E-state index is -0.133. The molecular weight excluding hydrogens is 551 g/mol. The van der Waals surface area contributed by atoms with Gasteiger partial charge in [-0.25, -0.2) is 0 Å². The number of anilines is 2. The second kappa shape index (κ2) is 12.5. The lowest BCUT2D eigenvalue weighted by atomic mass is 10.1. The Kier molecular flexibility index (Phi) is 8.82. The van der Waals surface area contributed by atoms with Gasteiger partial charge in [-0.05, 0) is 67.1 Å². The van der Waals surface area contributed by atoms with Crippen molar-refractivity contribution in [2.24, 2.45) is 0 Å². The predicted molar refractivity (Wildman–Crippen MR) is 162 cm³/mol. The van der Waals surface area contributed by atoms with Crippen molar-refractivity contribution in [3.05, 3.63) is 92.8 Å². The van der Waals surface area contributed by atoms with Crippen LogP contribution in [0.5, 0.6) is 0 Å². The zero-order valence-corrected chi connectivity index (χ0v) is 24.0. The molecule has 2 heterocycles. The smallest absolute Gasteiger partial charge is 0.264 e. The first-order valence-corrected chi connectivity index (χ1v) is 14.5. The normalized spacial score (nSPS) is 16.9. The minimum absolute atomic E-state index is 0.125. The number of carbonyl (C=O) groups excluding carboxylic acids is 2. The number of piperazine rings is 1. The first kappa shape index (κ1) is 27.6. The first-order valence-electron chi connectivity index (χ1n) is 13.0. The Hall–Kier alpha value is -2.97. The number of hydrogen-bond donors (Lipinski definition) is 1. The van der Waals surface area contributed by atoms with E-state index in [1.807, 2.05) is 54.6 Å². The van der Waals surface area contributed by atoms with Crippen LogP contribution in [0.15, 0.2) is 76.5 Å². The molecule has 2 amide bonds. The fourth-order valence-electron chi connectivity index (χ4n) is 4.78. The maximum Gasteiger partial charge on any atom is 0.264 e. The molecule has 2 aliphatic rings. The number of rotatable bonds is 7. The fraction of sp³-hybridized carbons (Fsp3) is 0.267. The maximum absolute atomic E-state index is 13.0. The molecule has 0 aromatic heterocycles. The Bertz CT molecular complexity index is 1410. The molecule has 1 fully saturated rings. The summed E-state index contributed by atoms with van der Waals surface area (Å²) < 4.78 is 0. The lowest BCUT2D eigenvalue weighted by Crippen LogP contribution is -2.47. The van der Waals surface area contributed by atoms with E-state index in [2.05, 4.69) is 21.2 Å². The van der Waals surface area contributed by atoms with Gasteiger partial charge >= 0.3 is 0 Å². The SMILES string of the molecule is CN1C(=O)C(=Cc2ccccc2Cl)Sc2ccc(C(=O)NCCCN3CCN(c4cccc(Cl)c4)CC3)cc21. The average Bonchev–Trinajstić information content (AvgIpc) is 2.95. The van der Waals surface area contributed by atoms with Crippen molar-refractivity contribution in [1.29, 1.82) is 0 Å². The summed E-state index contributed by atoms with van der Waals surface area (Å²) in [6.07, 6.45) is 2.69. The highest BCUT2D eigenvalue weighted by atomic mass is 35.5. The van der Waals surface area contributed by atoms with E-state index in [4.69, 9.17) is 23.2 Å². The molecule has 9 heteroatoms. The van der Waals surface area contributed by atoms with Crippen molar-refractivity contribution in [3.8, 4) is 0 Å². The van der Waals surface area contributed by atoms with Crippen molar-refractivity contribution in [1.82, 2.24) is 10.2 Å². The summed E-state index contributed by atoms with van der Waals surface area (Å²) in [6.45, 7) is 5.41. The zero-order chi connectivity index (χ0) is 27.4. The number of thioether (sulfide) groups is 1. The summed E-state index contributed by atoms with van der Waals surface area (Å²) in [7, 11) is 1.73. The molecule has 0 unspecified atom stereocenters. The summed E-state index contributed by atoms with van der Waals surface area (Å²) in [5.74, 6) is -0.257. The molecule has 3 aromatic rings. The van der Waals surface area contributed by atoms with E-state index in [-0.39, 0.29) is 11.8 Å². The molecule has 1 N–H and O–H groups in total. The minimum Gasteiger partial charge on any atom is -0.369 e. The Morgan fingerprint density at radius 1 is 1.00 bits per heavy atom. The molecule has 0 bridgehead atoms. The van der Waals surface area contributed by atoms with Crippen LogP contribution in [0.25, 0.3) is 6.08 Å². The number of hydrogen-bond acceptors (Lipinski definition) is 5. The molecule has 2 aliphatic heterocycles. The summed E-state index contributed by atoms with van der Waals surface area (Å²) in [4.78, 5) is 33.8. The monoisotopic (exact) mass is 580 g/mol. The van der Waals surface area contributed by atoms with Gasteiger partial charge in [0.05, 0.1) is 10.6 Å². The van der Waals surface area contributed by atoms with Crippen LogP contribution in [-0.4, -0.2) is 63.0 Å². The third kappa shape index (κ3) is 6.61. The summed E-state index contributed by atoms with van der Waals surface area (Å²) >= 11 is 13.8. The number of halogens is 2. The standard InChI is InChI=1S/C30H30Cl2N4O2S/c1-34-26-18-22(10-11-27(26)39-28(30(34)38)19-21-6-2-3-9-25(21)32)29(37)33-12-5-13-35-14-16-36(17-15-35)24-8-4-7-23(31)20-24/h2-4,6-11,18-20H,5,12-17H2,1H3,(H,33,37). The Balaban J connectivity index is 1.12. The van der Waals surface area contributed by atoms with Gasteiger partial charge in [-0.15, -0.1) is 0 Å². The topological polar surface area (TPSA) is 55.9 Å². The van der Waals surface area contributed by atoms with Crippen molar-refractivity contribution >= 4 is 64.2 Å². The highest BCUT2D eigenvalue weighted by Gasteiger charge is 2.27. The molecule has 0 aliphatic carbocycles. The van der Waals surface area contributed by atoms with Crippen LogP contribution in [0.3, 0.4) is 0 Å². The highest BCUT2D eigenvalue weighted by Crippen LogP contribution is 2.42. The average molecular weight is 582 g/mol. The number of amides is 2. The van der Waals surface area contributed by atoms with Gasteiger partial charge in [0.2, 0.25) is 0 Å². The number of carbonyl (C=O) groups is 2. The van der Waals surface area contributed by atoms with Gasteiger partial charge in [-0.2, -0.15) is 0 Å². The molecule has 0 radical (unpaired) electrons. The molecule has 202 valence electrons. The third-order valence-electron chi connectivity index (χ3n) is 6.99. The molecule has 1 saturated heterocycles. The van der Waals surface area contributed by atoms with Crippen LogP contribution in [-0.2, 0) is 4.79 Å². The maximum atomic E-state index is 13.0. The van der Waals surface area contributed by atoms with Crippen molar-refractivity contribution in [3.63, 3.8) is 0 Å². The number of likely N-dealkylation sites (N-methyl/N-ethyl adjacent to an activating group) is 1. The van der Waals surface area contributed by atoms with Gasteiger partial charge in [-0.3, -0.25) is 14.5 Å². The second-order valence-electron chi connectivity index (χ2n) is 9.60. The molecule has 5 rings (SSSR count). The predicted octanol–water partition coefficient (Wildman–Crippen LogP) is 6.05. The van der Waals surface area contributed by atoms with Crippen LogP contribution in [0.1, 0.15) is 22.3 Å². The van der Waals surface area contributed by atoms with E-state index in [9.17, 15) is 9.59 Å².